The molecule has 14 heavy (non-hydrogen) atoms. The van der Waals surface area contributed by atoms with E-state index in [9.17, 15) is 9.59 Å². The second-order valence-electron chi connectivity index (χ2n) is 3.93. The summed E-state index contributed by atoms with van der Waals surface area (Å²) in [5.41, 5.74) is 0. The van der Waals surface area contributed by atoms with Gasteiger partial charge >= 0.3 is 0 Å². The molecule has 0 aromatic heterocycles. The highest BCUT2D eigenvalue weighted by Crippen LogP contribution is 2.25. The van der Waals surface area contributed by atoms with Crippen LogP contribution in [0.4, 0.5) is 0 Å². The summed E-state index contributed by atoms with van der Waals surface area (Å²) < 4.78 is 4.85. The average molecular weight is 199 g/mol. The minimum Gasteiger partial charge on any atom is -0.383 e. The van der Waals surface area contributed by atoms with Crippen LogP contribution in [0.3, 0.4) is 0 Å². The normalized spacial score (nSPS) is 22.6. The lowest BCUT2D eigenvalue weighted by Gasteiger charge is -2.15. The molecule has 0 saturated carbocycles. The average Bonchev–Trinajstić information content (AvgIpc) is 2.40. The van der Waals surface area contributed by atoms with Crippen LogP contribution in [0.15, 0.2) is 0 Å². The van der Waals surface area contributed by atoms with Gasteiger partial charge in [-0.1, -0.05) is 13.8 Å². The Morgan fingerprint density at radius 1 is 1.50 bits per heavy atom. The first-order valence-electron chi connectivity index (χ1n) is 4.91. The highest BCUT2D eigenvalue weighted by Gasteiger charge is 2.39. The molecule has 4 nitrogen and oxygen atoms in total. The van der Waals surface area contributed by atoms with Gasteiger partial charge in [0.25, 0.3) is 0 Å². The van der Waals surface area contributed by atoms with Crippen LogP contribution in [-0.2, 0) is 14.3 Å². The van der Waals surface area contributed by atoms with Crippen LogP contribution < -0.4 is 0 Å². The van der Waals surface area contributed by atoms with E-state index in [1.54, 1.807) is 7.11 Å². The Morgan fingerprint density at radius 3 is 2.57 bits per heavy atom. The van der Waals surface area contributed by atoms with Crippen molar-refractivity contribution in [2.45, 2.75) is 20.3 Å². The van der Waals surface area contributed by atoms with E-state index < -0.39 is 0 Å². The third-order valence-electron chi connectivity index (χ3n) is 2.60. The zero-order valence-electron chi connectivity index (χ0n) is 8.95. The fourth-order valence-electron chi connectivity index (χ4n) is 1.65. The van der Waals surface area contributed by atoms with Crippen LogP contribution in [-0.4, -0.2) is 37.0 Å². The van der Waals surface area contributed by atoms with Crippen molar-refractivity contribution in [3.8, 4) is 0 Å². The Labute approximate surface area is 84.2 Å². The van der Waals surface area contributed by atoms with Crippen molar-refractivity contribution in [1.82, 2.24) is 4.90 Å². The maximum Gasteiger partial charge on any atom is 0.233 e. The summed E-state index contributed by atoms with van der Waals surface area (Å²) >= 11 is 0. The Hall–Kier alpha value is -0.900. The Bertz CT molecular complexity index is 238. The fourth-order valence-corrected chi connectivity index (χ4v) is 1.65. The number of amides is 2. The first-order chi connectivity index (χ1) is 6.57. The van der Waals surface area contributed by atoms with Crippen LogP contribution in [0.1, 0.15) is 20.3 Å². The Kier molecular flexibility index (Phi) is 3.63. The van der Waals surface area contributed by atoms with E-state index in [-0.39, 0.29) is 23.7 Å². The summed E-state index contributed by atoms with van der Waals surface area (Å²) in [6.45, 7) is 4.74. The lowest BCUT2D eigenvalue weighted by Crippen LogP contribution is -2.34. The van der Waals surface area contributed by atoms with Crippen molar-refractivity contribution in [3.05, 3.63) is 0 Å². The smallest absolute Gasteiger partial charge is 0.233 e. The standard InChI is InChI=1S/C10H17NO3/c1-7(2)8-6-9(12)11(10(8)13)4-5-14-3/h7-8H,4-6H2,1-3H3. The van der Waals surface area contributed by atoms with Gasteiger partial charge in [-0.05, 0) is 5.92 Å². The molecule has 0 aliphatic carbocycles. The molecule has 1 fully saturated rings. The van der Waals surface area contributed by atoms with E-state index in [2.05, 4.69) is 0 Å². The minimum absolute atomic E-state index is 0.0398. The van der Waals surface area contributed by atoms with Gasteiger partial charge in [-0.3, -0.25) is 14.5 Å². The van der Waals surface area contributed by atoms with Crippen molar-refractivity contribution in [1.29, 1.82) is 0 Å². The third kappa shape index (κ3) is 2.12. The number of methoxy groups -OCH3 is 1. The SMILES string of the molecule is COCCN1C(=O)CC(C(C)C)C1=O. The van der Waals surface area contributed by atoms with Crippen LogP contribution >= 0.6 is 0 Å². The molecule has 0 bridgehead atoms. The van der Waals surface area contributed by atoms with E-state index in [0.29, 0.717) is 19.6 Å². The predicted octanol–water partition coefficient (Wildman–Crippen LogP) is 0.664. The van der Waals surface area contributed by atoms with Gasteiger partial charge < -0.3 is 4.74 Å². The van der Waals surface area contributed by atoms with Crippen LogP contribution in [0.25, 0.3) is 0 Å². The number of ether oxygens (including phenoxy) is 1. The minimum atomic E-state index is -0.126. The summed E-state index contributed by atoms with van der Waals surface area (Å²) in [7, 11) is 1.56. The molecule has 80 valence electrons. The van der Waals surface area contributed by atoms with Gasteiger partial charge in [0, 0.05) is 19.4 Å². The third-order valence-corrected chi connectivity index (χ3v) is 2.60. The number of rotatable bonds is 4. The molecule has 1 rings (SSSR count). The number of nitrogens with zero attached hydrogens (tertiary/aromatic N) is 1. The largest absolute Gasteiger partial charge is 0.383 e. The molecule has 4 heteroatoms. The topological polar surface area (TPSA) is 46.6 Å². The van der Waals surface area contributed by atoms with Crippen molar-refractivity contribution in [3.63, 3.8) is 0 Å². The van der Waals surface area contributed by atoms with Gasteiger partial charge in [-0.15, -0.1) is 0 Å². The molecule has 0 aromatic carbocycles. The first kappa shape index (κ1) is 11.2. The molecule has 1 aliphatic heterocycles. The zero-order chi connectivity index (χ0) is 10.7. The predicted molar refractivity (Wildman–Crippen MR) is 51.5 cm³/mol. The van der Waals surface area contributed by atoms with Gasteiger partial charge in [-0.25, -0.2) is 0 Å². The summed E-state index contributed by atoms with van der Waals surface area (Å²) in [5, 5.41) is 0. The van der Waals surface area contributed by atoms with Gasteiger partial charge in [0.2, 0.25) is 11.8 Å². The van der Waals surface area contributed by atoms with E-state index >= 15 is 0 Å². The number of carbonyl (C=O) groups is 2. The summed E-state index contributed by atoms with van der Waals surface area (Å²) in [6.07, 6.45) is 0.361. The second-order valence-corrected chi connectivity index (χ2v) is 3.93. The van der Waals surface area contributed by atoms with Crippen LogP contribution in [0, 0.1) is 11.8 Å². The van der Waals surface area contributed by atoms with Gasteiger partial charge in [0.05, 0.1) is 13.2 Å². The number of hydrogen-bond acceptors (Lipinski definition) is 3. The zero-order valence-corrected chi connectivity index (χ0v) is 8.95. The molecular formula is C10H17NO3. The monoisotopic (exact) mass is 199 g/mol. The second kappa shape index (κ2) is 4.55. The van der Waals surface area contributed by atoms with E-state index in [4.69, 9.17) is 4.74 Å². The first-order valence-corrected chi connectivity index (χ1v) is 4.91. The van der Waals surface area contributed by atoms with Gasteiger partial charge in [0.1, 0.15) is 0 Å². The summed E-state index contributed by atoms with van der Waals surface area (Å²) in [5.74, 6) is 0.00570. The number of likely N-dealkylation sites (tertiary alicyclic amines) is 1. The summed E-state index contributed by atoms with van der Waals surface area (Å²) in [4.78, 5) is 24.5. The van der Waals surface area contributed by atoms with Crippen LogP contribution in [0.2, 0.25) is 0 Å². The number of carbonyl (C=O) groups excluding carboxylic acids is 2. The van der Waals surface area contributed by atoms with Crippen LogP contribution in [0.5, 0.6) is 0 Å². The van der Waals surface area contributed by atoms with E-state index in [1.165, 1.54) is 4.90 Å². The molecular weight excluding hydrogens is 182 g/mol. The molecule has 0 N–H and O–H groups in total. The maximum absolute atomic E-state index is 11.7. The Morgan fingerprint density at radius 2 is 2.14 bits per heavy atom. The van der Waals surface area contributed by atoms with Crippen molar-refractivity contribution >= 4 is 11.8 Å². The molecule has 1 heterocycles. The maximum atomic E-state index is 11.7. The quantitative estimate of drug-likeness (QED) is 0.625. The lowest BCUT2D eigenvalue weighted by atomic mass is 9.94. The van der Waals surface area contributed by atoms with Crippen molar-refractivity contribution in [2.24, 2.45) is 11.8 Å². The molecule has 2 amide bonds. The molecule has 1 unspecified atom stereocenters. The van der Waals surface area contributed by atoms with Crippen molar-refractivity contribution in [2.75, 3.05) is 20.3 Å². The molecule has 0 radical (unpaired) electrons. The molecule has 0 aromatic rings. The molecule has 1 aliphatic rings. The molecule has 1 saturated heterocycles. The number of imide groups is 1. The highest BCUT2D eigenvalue weighted by molar-refractivity contribution is 6.03. The van der Waals surface area contributed by atoms with E-state index in [0.717, 1.165) is 0 Å². The molecule has 1 atom stereocenters. The lowest BCUT2D eigenvalue weighted by molar-refractivity contribution is -0.140. The Balaban J connectivity index is 2.61. The highest BCUT2D eigenvalue weighted by atomic mass is 16.5. The molecule has 0 spiro atoms. The van der Waals surface area contributed by atoms with Crippen molar-refractivity contribution < 1.29 is 14.3 Å². The fraction of sp³-hybridized carbons (Fsp3) is 0.800. The van der Waals surface area contributed by atoms with E-state index in [1.807, 2.05) is 13.8 Å². The summed E-state index contributed by atoms with van der Waals surface area (Å²) in [6, 6.07) is 0. The van der Waals surface area contributed by atoms with Gasteiger partial charge in [0.15, 0.2) is 0 Å². The number of hydrogen-bond donors (Lipinski definition) is 0. The van der Waals surface area contributed by atoms with Gasteiger partial charge in [-0.2, -0.15) is 0 Å².